The van der Waals surface area contributed by atoms with Gasteiger partial charge in [0.2, 0.25) is 0 Å². The molecule has 1 amide bonds. The molecule has 138 valence electrons. The fraction of sp³-hybridized carbons (Fsp3) is 0.611. The van der Waals surface area contributed by atoms with Crippen LogP contribution in [0.3, 0.4) is 0 Å². The molecule has 0 fully saturated rings. The summed E-state index contributed by atoms with van der Waals surface area (Å²) in [4.78, 5) is 14.2. The van der Waals surface area contributed by atoms with Crippen molar-refractivity contribution in [1.29, 1.82) is 0 Å². The fourth-order valence-electron chi connectivity index (χ4n) is 2.21. The Morgan fingerprint density at radius 2 is 1.96 bits per heavy atom. The highest BCUT2D eigenvalue weighted by atomic mass is 35.5. The van der Waals surface area contributed by atoms with E-state index in [2.05, 4.69) is 31.0 Å². The molecule has 0 radical (unpaired) electrons. The molecule has 0 aliphatic rings. The Balaban J connectivity index is 0.00000529. The summed E-state index contributed by atoms with van der Waals surface area (Å²) >= 11 is 0. The van der Waals surface area contributed by atoms with Crippen molar-refractivity contribution in [2.24, 2.45) is 0 Å². The number of halogens is 1. The Hall–Kier alpha value is -1.46. The van der Waals surface area contributed by atoms with Crippen molar-refractivity contribution in [3.05, 3.63) is 24.3 Å². The maximum atomic E-state index is 12.0. The Bertz CT molecular complexity index is 467. The van der Waals surface area contributed by atoms with Crippen LogP contribution in [-0.4, -0.2) is 43.3 Å². The van der Waals surface area contributed by atoms with Crippen molar-refractivity contribution in [1.82, 2.24) is 4.90 Å². The molecule has 0 saturated heterocycles. The Labute approximate surface area is 152 Å². The molecule has 0 aliphatic heterocycles. The van der Waals surface area contributed by atoms with E-state index in [0.29, 0.717) is 12.3 Å². The number of rotatable bonds is 10. The van der Waals surface area contributed by atoms with Gasteiger partial charge in [0.15, 0.2) is 0 Å². The normalized spacial score (nSPS) is 11.5. The summed E-state index contributed by atoms with van der Waals surface area (Å²) in [6, 6.07) is 7.38. The van der Waals surface area contributed by atoms with Gasteiger partial charge >= 0.3 is 6.09 Å². The van der Waals surface area contributed by atoms with Crippen LogP contribution >= 0.6 is 12.4 Å². The van der Waals surface area contributed by atoms with Crippen molar-refractivity contribution in [2.45, 2.75) is 46.6 Å². The van der Waals surface area contributed by atoms with Gasteiger partial charge in [-0.3, -0.25) is 5.32 Å². The standard InChI is InChI=1S/C18H30N2O3.ClH/c1-5-8-12-22-17-11-9-10-16(13-17)19-18(21)23-15(4)14-20(6-2)7-3;/h9-11,13,15H,5-8,12,14H2,1-4H3,(H,19,21);1H. The Kier molecular flexibility index (Phi) is 12.1. The van der Waals surface area contributed by atoms with Crippen LogP contribution in [0.4, 0.5) is 10.5 Å². The molecular formula is C18H31ClN2O3. The number of nitrogens with zero attached hydrogens (tertiary/aromatic N) is 1. The summed E-state index contributed by atoms with van der Waals surface area (Å²) in [5, 5.41) is 2.75. The maximum absolute atomic E-state index is 12.0. The van der Waals surface area contributed by atoms with Crippen LogP contribution in [0.5, 0.6) is 5.75 Å². The van der Waals surface area contributed by atoms with Gasteiger partial charge in [-0.2, -0.15) is 0 Å². The average Bonchev–Trinajstić information content (AvgIpc) is 2.53. The highest BCUT2D eigenvalue weighted by Gasteiger charge is 2.12. The summed E-state index contributed by atoms with van der Waals surface area (Å²) in [6.45, 7) is 11.5. The van der Waals surface area contributed by atoms with Gasteiger partial charge in [-0.15, -0.1) is 12.4 Å². The molecule has 0 aliphatic carbocycles. The van der Waals surface area contributed by atoms with Gasteiger partial charge in [0.05, 0.1) is 6.61 Å². The number of unbranched alkanes of at least 4 members (excludes halogenated alkanes) is 1. The van der Waals surface area contributed by atoms with Gasteiger partial charge in [-0.25, -0.2) is 4.79 Å². The second kappa shape index (κ2) is 12.9. The number of nitrogens with one attached hydrogen (secondary N) is 1. The quantitative estimate of drug-likeness (QED) is 0.622. The van der Waals surface area contributed by atoms with Crippen LogP contribution in [0.1, 0.15) is 40.5 Å². The van der Waals surface area contributed by atoms with Crippen molar-refractivity contribution in [3.8, 4) is 5.75 Å². The number of carbonyl (C=O) groups excluding carboxylic acids is 1. The minimum atomic E-state index is -0.435. The van der Waals surface area contributed by atoms with Crippen LogP contribution < -0.4 is 10.1 Å². The van der Waals surface area contributed by atoms with Crippen LogP contribution in [0.25, 0.3) is 0 Å². The molecule has 0 aromatic heterocycles. The summed E-state index contributed by atoms with van der Waals surface area (Å²) in [5.41, 5.74) is 0.680. The zero-order chi connectivity index (χ0) is 17.1. The number of likely N-dealkylation sites (N-methyl/N-ethyl adjacent to an activating group) is 1. The highest BCUT2D eigenvalue weighted by molar-refractivity contribution is 5.85. The van der Waals surface area contributed by atoms with Gasteiger partial charge in [0, 0.05) is 18.3 Å². The summed E-state index contributed by atoms with van der Waals surface area (Å²) in [7, 11) is 0. The molecule has 24 heavy (non-hydrogen) atoms. The molecule has 0 saturated carbocycles. The Morgan fingerprint density at radius 1 is 1.25 bits per heavy atom. The third-order valence-corrected chi connectivity index (χ3v) is 3.57. The minimum absolute atomic E-state index is 0. The van der Waals surface area contributed by atoms with Crippen molar-refractivity contribution < 1.29 is 14.3 Å². The number of benzene rings is 1. The molecule has 1 aromatic rings. The van der Waals surface area contributed by atoms with E-state index in [1.54, 1.807) is 0 Å². The zero-order valence-electron chi connectivity index (χ0n) is 15.2. The van der Waals surface area contributed by atoms with E-state index in [1.165, 1.54) is 0 Å². The second-order valence-electron chi connectivity index (χ2n) is 5.56. The zero-order valence-corrected chi connectivity index (χ0v) is 16.0. The predicted molar refractivity (Wildman–Crippen MR) is 101 cm³/mol. The maximum Gasteiger partial charge on any atom is 0.411 e. The van der Waals surface area contributed by atoms with E-state index < -0.39 is 6.09 Å². The first-order valence-corrected chi connectivity index (χ1v) is 8.51. The molecule has 6 heteroatoms. The van der Waals surface area contributed by atoms with Crippen molar-refractivity contribution in [2.75, 3.05) is 31.6 Å². The molecule has 1 rings (SSSR count). The first-order valence-electron chi connectivity index (χ1n) is 8.51. The topological polar surface area (TPSA) is 50.8 Å². The first kappa shape index (κ1) is 22.5. The molecule has 1 N–H and O–H groups in total. The smallest absolute Gasteiger partial charge is 0.411 e. The molecule has 0 heterocycles. The van der Waals surface area contributed by atoms with Gasteiger partial charge in [-0.1, -0.05) is 33.3 Å². The van der Waals surface area contributed by atoms with E-state index in [0.717, 1.165) is 38.2 Å². The van der Waals surface area contributed by atoms with E-state index in [1.807, 2.05) is 31.2 Å². The first-order chi connectivity index (χ1) is 11.1. The number of anilines is 1. The number of amides is 1. The number of ether oxygens (including phenoxy) is 2. The third-order valence-electron chi connectivity index (χ3n) is 3.57. The summed E-state index contributed by atoms with van der Waals surface area (Å²) in [5.74, 6) is 0.757. The predicted octanol–water partition coefficient (Wildman–Crippen LogP) is 4.57. The molecule has 0 spiro atoms. The van der Waals surface area contributed by atoms with Crippen LogP contribution in [0.2, 0.25) is 0 Å². The average molecular weight is 359 g/mol. The van der Waals surface area contributed by atoms with Crippen LogP contribution in [0.15, 0.2) is 24.3 Å². The second-order valence-corrected chi connectivity index (χ2v) is 5.56. The van der Waals surface area contributed by atoms with E-state index in [4.69, 9.17) is 9.47 Å². The van der Waals surface area contributed by atoms with Crippen molar-refractivity contribution in [3.63, 3.8) is 0 Å². The SMILES string of the molecule is CCCCOc1cccc(NC(=O)OC(C)CN(CC)CC)c1.Cl. The van der Waals surface area contributed by atoms with E-state index >= 15 is 0 Å². The summed E-state index contributed by atoms with van der Waals surface area (Å²) in [6.07, 6.45) is 1.52. The largest absolute Gasteiger partial charge is 0.494 e. The van der Waals surface area contributed by atoms with Gasteiger partial charge in [0.1, 0.15) is 11.9 Å². The minimum Gasteiger partial charge on any atom is -0.494 e. The monoisotopic (exact) mass is 358 g/mol. The van der Waals surface area contributed by atoms with Gasteiger partial charge in [0.25, 0.3) is 0 Å². The lowest BCUT2D eigenvalue weighted by Crippen LogP contribution is -2.34. The molecule has 1 unspecified atom stereocenters. The fourth-order valence-corrected chi connectivity index (χ4v) is 2.21. The number of carbonyl (C=O) groups is 1. The lowest BCUT2D eigenvalue weighted by atomic mass is 10.3. The Morgan fingerprint density at radius 3 is 2.58 bits per heavy atom. The lowest BCUT2D eigenvalue weighted by molar-refractivity contribution is 0.0929. The highest BCUT2D eigenvalue weighted by Crippen LogP contribution is 2.18. The molecule has 1 atom stereocenters. The lowest BCUT2D eigenvalue weighted by Gasteiger charge is -2.22. The molecular weight excluding hydrogens is 328 g/mol. The van der Waals surface area contributed by atoms with Crippen LogP contribution in [-0.2, 0) is 4.74 Å². The van der Waals surface area contributed by atoms with E-state index in [9.17, 15) is 4.79 Å². The summed E-state index contributed by atoms with van der Waals surface area (Å²) < 4.78 is 11.0. The van der Waals surface area contributed by atoms with E-state index in [-0.39, 0.29) is 18.5 Å². The molecule has 1 aromatic carbocycles. The van der Waals surface area contributed by atoms with Gasteiger partial charge in [-0.05, 0) is 38.6 Å². The van der Waals surface area contributed by atoms with Crippen molar-refractivity contribution >= 4 is 24.2 Å². The third kappa shape index (κ3) is 8.99. The molecule has 0 bridgehead atoms. The molecule has 5 nitrogen and oxygen atoms in total. The van der Waals surface area contributed by atoms with Crippen LogP contribution in [0, 0.1) is 0 Å². The number of hydrogen-bond acceptors (Lipinski definition) is 4. The number of hydrogen-bond donors (Lipinski definition) is 1. The van der Waals surface area contributed by atoms with Gasteiger partial charge < -0.3 is 14.4 Å².